The number of imidazole rings is 2. The van der Waals surface area contributed by atoms with Gasteiger partial charge >= 0.3 is 12.4 Å². The van der Waals surface area contributed by atoms with E-state index in [2.05, 4.69) is 29.9 Å². The second-order valence-corrected chi connectivity index (χ2v) is 24.6. The molecule has 0 aliphatic carbocycles. The predicted octanol–water partition coefficient (Wildman–Crippen LogP) is 22.2. The zero-order chi connectivity index (χ0) is 74.1. The molecule has 0 unspecified atom stereocenters. The molecule has 0 spiro atoms. The molecule has 2 aliphatic heterocycles. The highest BCUT2D eigenvalue weighted by Crippen LogP contribution is 2.57. The zero-order valence-corrected chi connectivity index (χ0v) is 53.0. The van der Waals surface area contributed by atoms with Gasteiger partial charge in [0.2, 0.25) is 5.41 Å². The van der Waals surface area contributed by atoms with Crippen LogP contribution < -0.4 is 0 Å². The molecule has 4 heterocycles. The van der Waals surface area contributed by atoms with Gasteiger partial charge in [0.05, 0.1) is 50.1 Å². The average Bonchev–Trinajstić information content (AvgIpc) is 1.03. The Labute approximate surface area is 566 Å². The van der Waals surface area contributed by atoms with Crippen LogP contribution in [0.3, 0.4) is 0 Å². The quantitative estimate of drug-likeness (QED) is 0.0999. The Bertz CT molecular complexity index is 5480. The van der Waals surface area contributed by atoms with Crippen molar-refractivity contribution in [3.8, 4) is 56.2 Å². The van der Waals surface area contributed by atoms with Crippen LogP contribution >= 0.6 is 0 Å². The summed E-state index contributed by atoms with van der Waals surface area (Å²) >= 11 is 0. The van der Waals surface area contributed by atoms with Crippen molar-refractivity contribution in [1.82, 2.24) is 19.9 Å². The second-order valence-electron chi connectivity index (χ2n) is 24.6. The Morgan fingerprint density at radius 2 is 0.631 bits per heavy atom. The van der Waals surface area contributed by atoms with Crippen LogP contribution in [-0.2, 0) is 31.1 Å². The third kappa shape index (κ3) is 11.8. The van der Waals surface area contributed by atoms with E-state index in [0.717, 1.165) is 69.7 Å². The van der Waals surface area contributed by atoms with E-state index in [1.165, 1.54) is 13.0 Å². The summed E-state index contributed by atoms with van der Waals surface area (Å²) in [7, 11) is 0. The van der Waals surface area contributed by atoms with Gasteiger partial charge < -0.3 is 9.97 Å². The number of aromatic nitrogens is 4. The summed E-state index contributed by atoms with van der Waals surface area (Å²) in [5.74, 6) is -34.2. The van der Waals surface area contributed by atoms with Gasteiger partial charge in [-0.2, -0.15) is 26.3 Å². The lowest BCUT2D eigenvalue weighted by Crippen LogP contribution is -2.54. The molecule has 10 aromatic carbocycles. The van der Waals surface area contributed by atoms with Crippen molar-refractivity contribution in [1.29, 1.82) is 0 Å². The van der Waals surface area contributed by atoms with Crippen LogP contribution in [0.25, 0.3) is 78.2 Å². The number of fused-ring (bicyclic) bond motifs is 4. The fraction of sp³-hybridized carbons (Fsp3) is 0.147. The standard InChI is InChI=1S/C45H25F14N3.C30H17F8N3/c1-19-3-9-25(10-4-19)43(44(54,55)56,45(57,58)59)26-11-5-21(6-12-26)32-38(50)34(46)27(35(47)39(32)51)18-28-36(48)40(52)33(41(53)37(28)49)42-61-30-14-8-23(17-31(30)62-42)22-7-13-29-24(16-22)15-20(2)60-29;1-11-7-15-8-13(3-5-18(15)39-11)14-4-6-19-20(9-14)41-30(40-19)21-28(37)26(35)17(27(36)29(21)38)10-16-24(33)22(31)12(2)23(32)25(16)34/h3-14,16-17H,15,18H2,1-2H3,(H,61,62);3-6,8-9H,7,10H2,1-2H3,(H,40,41). The molecule has 28 heteroatoms. The summed E-state index contributed by atoms with van der Waals surface area (Å²) in [5, 5.41) is 0. The van der Waals surface area contributed by atoms with Crippen LogP contribution in [0.5, 0.6) is 0 Å². The molecule has 2 aromatic heterocycles. The molecule has 0 saturated carbocycles. The lowest BCUT2D eigenvalue weighted by Gasteiger charge is -2.38. The van der Waals surface area contributed by atoms with Gasteiger partial charge in [0, 0.05) is 64.9 Å². The summed E-state index contributed by atoms with van der Waals surface area (Å²) in [5.41, 5.74) is -9.98. The molecule has 0 amide bonds. The Kier molecular flexibility index (Phi) is 17.6. The highest BCUT2D eigenvalue weighted by atomic mass is 19.4. The first-order valence-corrected chi connectivity index (χ1v) is 30.6. The third-order valence-corrected chi connectivity index (χ3v) is 18.1. The normalized spacial score (nSPS) is 13.1. The van der Waals surface area contributed by atoms with Gasteiger partial charge in [-0.15, -0.1) is 0 Å². The predicted molar refractivity (Wildman–Crippen MR) is 339 cm³/mol. The number of aromatic amines is 2. The van der Waals surface area contributed by atoms with Crippen molar-refractivity contribution >= 4 is 44.9 Å². The van der Waals surface area contributed by atoms with E-state index in [1.54, 1.807) is 36.4 Å². The van der Waals surface area contributed by atoms with Crippen LogP contribution in [0.4, 0.5) is 108 Å². The number of hydrogen-bond donors (Lipinski definition) is 2. The second kappa shape index (κ2) is 25.8. The Balaban J connectivity index is 0.000000199. The summed E-state index contributed by atoms with van der Waals surface area (Å²) in [6, 6.07) is 25.2. The van der Waals surface area contributed by atoms with E-state index < -0.39 is 197 Å². The first-order chi connectivity index (χ1) is 48.6. The topological polar surface area (TPSA) is 82.1 Å². The molecule has 103 heavy (non-hydrogen) atoms. The van der Waals surface area contributed by atoms with Crippen molar-refractivity contribution in [3.05, 3.63) is 270 Å². The van der Waals surface area contributed by atoms with Gasteiger partial charge in [0.15, 0.2) is 93.1 Å². The maximum atomic E-state index is 15.6. The number of H-pyrrole nitrogens is 2. The van der Waals surface area contributed by atoms with Gasteiger partial charge in [-0.3, -0.25) is 9.98 Å². The largest absolute Gasteiger partial charge is 0.411 e. The van der Waals surface area contributed by atoms with E-state index in [9.17, 15) is 43.9 Å². The van der Waals surface area contributed by atoms with Crippen molar-refractivity contribution in [2.24, 2.45) is 9.98 Å². The maximum absolute atomic E-state index is 15.6. The van der Waals surface area contributed by atoms with Crippen LogP contribution in [0, 0.1) is 107 Å². The Hall–Kier alpha value is -11.1. The molecule has 0 radical (unpaired) electrons. The molecule has 2 aliphatic rings. The number of nitrogens with zero attached hydrogens (tertiary/aromatic N) is 4. The molecule has 526 valence electrons. The molecule has 6 nitrogen and oxygen atoms in total. The van der Waals surface area contributed by atoms with Crippen LogP contribution in [0.15, 0.2) is 131 Å². The average molecular weight is 1450 g/mol. The number of benzene rings is 10. The fourth-order valence-corrected chi connectivity index (χ4v) is 12.8. The van der Waals surface area contributed by atoms with Gasteiger partial charge in [-0.25, -0.2) is 80.2 Å². The molecule has 14 rings (SSSR count). The minimum atomic E-state index is -6.03. The number of aryl methyl sites for hydroxylation is 1. The molecular formula is C75H42F22N6. The smallest absolute Gasteiger partial charge is 0.338 e. The number of nitrogens with one attached hydrogen (secondary N) is 2. The van der Waals surface area contributed by atoms with Gasteiger partial charge in [0.1, 0.15) is 11.6 Å². The molecule has 0 fully saturated rings. The first-order valence-electron chi connectivity index (χ1n) is 30.6. The van der Waals surface area contributed by atoms with Crippen molar-refractivity contribution < 1.29 is 96.6 Å². The molecule has 0 atom stereocenters. The van der Waals surface area contributed by atoms with Crippen LogP contribution in [0.2, 0.25) is 0 Å². The number of hydrogen-bond acceptors (Lipinski definition) is 4. The summed E-state index contributed by atoms with van der Waals surface area (Å²) < 4.78 is 329. The number of aliphatic imine (C=N–C) groups is 2. The van der Waals surface area contributed by atoms with E-state index in [4.69, 9.17) is 0 Å². The van der Waals surface area contributed by atoms with Crippen molar-refractivity contribution in [3.63, 3.8) is 0 Å². The number of alkyl halides is 6. The maximum Gasteiger partial charge on any atom is 0.411 e. The molecule has 0 bridgehead atoms. The van der Waals surface area contributed by atoms with Crippen molar-refractivity contribution in [2.45, 2.75) is 71.1 Å². The number of rotatable bonds is 11. The molecule has 2 N–H and O–H groups in total. The summed E-state index contributed by atoms with van der Waals surface area (Å²) in [6.45, 7) is 5.98. The monoisotopic (exact) mass is 1440 g/mol. The van der Waals surface area contributed by atoms with Gasteiger partial charge in [-0.1, -0.05) is 78.4 Å². The molecule has 12 aromatic rings. The van der Waals surface area contributed by atoms with E-state index >= 15 is 52.7 Å². The lowest BCUT2D eigenvalue weighted by atomic mass is 9.72. The SMILES string of the molecule is CC1=Nc2ccc(-c3ccc4nc(-c5c(F)c(F)c(Cc6c(F)c(F)c(-c7ccc(C(c8ccc(C)cc8)(C(F)(F)F)C(F)(F)F)cc7)c(F)c6F)c(F)c5F)[nH]c4c3)cc2C1.CC1=Nc2ccc(-c3ccc4nc(-c5c(F)c(F)c(Cc6c(F)c(F)c(C)c(F)c6F)c(F)c5F)[nH]c4c3)cc2C1. The highest BCUT2D eigenvalue weighted by molar-refractivity contribution is 5.95. The number of halogens is 22. The first kappa shape index (κ1) is 70.4. The van der Waals surface area contributed by atoms with Gasteiger partial charge in [0.25, 0.3) is 0 Å². The lowest BCUT2D eigenvalue weighted by molar-refractivity contribution is -0.288. The zero-order valence-electron chi connectivity index (χ0n) is 53.0. The molecular weight excluding hydrogens is 1400 g/mol. The Morgan fingerprint density at radius 1 is 0.330 bits per heavy atom. The van der Waals surface area contributed by atoms with Crippen molar-refractivity contribution in [2.75, 3.05) is 0 Å². The van der Waals surface area contributed by atoms with E-state index in [-0.39, 0.29) is 28.7 Å². The minimum Gasteiger partial charge on any atom is -0.338 e. The summed E-state index contributed by atoms with van der Waals surface area (Å²) in [6.07, 6.45) is -14.0. The van der Waals surface area contributed by atoms with Crippen LogP contribution in [-0.4, -0.2) is 43.7 Å². The van der Waals surface area contributed by atoms with E-state index in [1.807, 2.05) is 44.2 Å². The minimum absolute atomic E-state index is 0.129. The third-order valence-electron chi connectivity index (χ3n) is 18.1. The highest BCUT2D eigenvalue weighted by Gasteiger charge is 2.72. The molecule has 0 saturated heterocycles. The van der Waals surface area contributed by atoms with Gasteiger partial charge in [-0.05, 0) is 126 Å². The fourth-order valence-electron chi connectivity index (χ4n) is 12.8. The Morgan fingerprint density at radius 3 is 0.981 bits per heavy atom. The summed E-state index contributed by atoms with van der Waals surface area (Å²) in [4.78, 5) is 22.2. The van der Waals surface area contributed by atoms with E-state index in [0.29, 0.717) is 53.8 Å². The van der Waals surface area contributed by atoms with Crippen LogP contribution in [0.1, 0.15) is 69.5 Å².